The molecule has 18 nitrogen and oxygen atoms in total. The highest BCUT2D eigenvalue weighted by atomic mass is 35.5. The largest absolute Gasteiger partial charge is 0.489 e. The number of amides is 3. The number of likely N-dealkylation sites (tertiary alicyclic amines) is 2. The van der Waals surface area contributed by atoms with Crippen molar-refractivity contribution in [3.8, 4) is 5.75 Å². The summed E-state index contributed by atoms with van der Waals surface area (Å²) in [4.78, 5) is 57.1. The Bertz CT molecular complexity index is 2520. The number of ether oxygens (including phenoxy) is 2. The Morgan fingerprint density at radius 2 is 1.70 bits per heavy atom. The third-order valence-corrected chi connectivity index (χ3v) is 14.7. The van der Waals surface area contributed by atoms with E-state index in [-0.39, 0.29) is 51.6 Å². The first-order valence-electron chi connectivity index (χ1n) is 23.9. The van der Waals surface area contributed by atoms with Crippen LogP contribution in [-0.4, -0.2) is 117 Å². The molecule has 2 aromatic carbocycles. The van der Waals surface area contributed by atoms with Crippen molar-refractivity contribution in [1.82, 2.24) is 40.0 Å². The van der Waals surface area contributed by atoms with Gasteiger partial charge in [-0.05, 0) is 142 Å². The number of aryl methyl sites for hydroxylation is 2. The molecule has 6 N–H and O–H groups in total. The number of sulfone groups is 1. The maximum Gasteiger partial charge on any atom is 0.408 e. The molecule has 0 radical (unpaired) electrons. The van der Waals surface area contributed by atoms with Crippen LogP contribution in [0.1, 0.15) is 110 Å². The van der Waals surface area contributed by atoms with E-state index in [0.29, 0.717) is 74.9 Å². The number of nitrogens with zero attached hydrogens (tertiary/aromatic N) is 6. The highest BCUT2D eigenvalue weighted by Gasteiger charge is 2.31. The van der Waals surface area contributed by atoms with Crippen molar-refractivity contribution >= 4 is 68.4 Å². The number of benzene rings is 2. The van der Waals surface area contributed by atoms with Gasteiger partial charge >= 0.3 is 6.09 Å². The third-order valence-electron chi connectivity index (χ3n) is 12.2. The molecule has 0 bridgehead atoms. The first kappa shape index (κ1) is 52.7. The molecule has 2 fully saturated rings. The van der Waals surface area contributed by atoms with E-state index in [9.17, 15) is 22.8 Å². The number of aromatic nitrogens is 4. The van der Waals surface area contributed by atoms with Gasteiger partial charge in [-0.2, -0.15) is 4.98 Å². The number of hydrogen-bond donors (Lipinski definition) is 5. The smallest absolute Gasteiger partial charge is 0.408 e. The van der Waals surface area contributed by atoms with Crippen LogP contribution in [0.25, 0.3) is 0 Å². The van der Waals surface area contributed by atoms with Crippen LogP contribution in [0.2, 0.25) is 5.02 Å². The number of anilines is 5. The summed E-state index contributed by atoms with van der Waals surface area (Å²) < 4.78 is 39.8. The quantitative estimate of drug-likeness (QED) is 0.0571. The highest BCUT2D eigenvalue weighted by molar-refractivity contribution is 7.92. The van der Waals surface area contributed by atoms with E-state index in [2.05, 4.69) is 54.1 Å². The van der Waals surface area contributed by atoms with E-state index in [4.69, 9.17) is 26.8 Å². The van der Waals surface area contributed by atoms with Gasteiger partial charge in [0, 0.05) is 57.6 Å². The van der Waals surface area contributed by atoms with Crippen molar-refractivity contribution < 1.29 is 32.3 Å². The predicted molar refractivity (Wildman–Crippen MR) is 269 cm³/mol. The van der Waals surface area contributed by atoms with Crippen LogP contribution in [0.3, 0.4) is 0 Å². The molecule has 376 valence electrons. The number of rotatable bonds is 20. The lowest BCUT2D eigenvalue weighted by molar-refractivity contribution is -0.132. The Balaban J connectivity index is 0.990. The average Bonchev–Trinajstić information content (AvgIpc) is 3.92. The van der Waals surface area contributed by atoms with Crippen molar-refractivity contribution in [2.45, 2.75) is 147 Å². The van der Waals surface area contributed by atoms with Gasteiger partial charge in [-0.3, -0.25) is 9.59 Å². The lowest BCUT2D eigenvalue weighted by atomic mass is 9.86. The first-order chi connectivity index (χ1) is 32.7. The van der Waals surface area contributed by atoms with Crippen LogP contribution < -0.4 is 31.7 Å². The number of hydrogen-bond acceptors (Lipinski definition) is 14. The van der Waals surface area contributed by atoms with Gasteiger partial charge in [-0.1, -0.05) is 23.7 Å². The maximum atomic E-state index is 13.5. The number of nitrogen functional groups attached to an aromatic ring is 1. The molecule has 2 aromatic heterocycles. The minimum absolute atomic E-state index is 0.0758. The number of alkyl carbamates (subject to hydrolysis) is 1. The van der Waals surface area contributed by atoms with Gasteiger partial charge in [-0.15, -0.1) is 0 Å². The second-order valence-corrected chi connectivity index (χ2v) is 22.4. The predicted octanol–water partition coefficient (Wildman–Crippen LogP) is 7.72. The Morgan fingerprint density at radius 3 is 2.38 bits per heavy atom. The topological polar surface area (TPSA) is 228 Å². The van der Waals surface area contributed by atoms with E-state index < -0.39 is 32.8 Å². The van der Waals surface area contributed by atoms with E-state index in [0.717, 1.165) is 43.5 Å². The van der Waals surface area contributed by atoms with Crippen molar-refractivity contribution in [1.29, 1.82) is 0 Å². The van der Waals surface area contributed by atoms with Crippen LogP contribution in [0.4, 0.5) is 33.9 Å². The van der Waals surface area contributed by atoms with Gasteiger partial charge in [0.1, 0.15) is 22.4 Å². The van der Waals surface area contributed by atoms with Gasteiger partial charge in [-0.25, -0.2) is 23.2 Å². The molecule has 0 saturated carbocycles. The first-order valence-corrected chi connectivity index (χ1v) is 25.9. The molecule has 4 heterocycles. The number of nitrogens with one attached hydrogen (secondary N) is 4. The van der Waals surface area contributed by atoms with Crippen LogP contribution in [0.5, 0.6) is 5.75 Å². The number of para-hydroxylation sites is 1. The molecule has 69 heavy (non-hydrogen) atoms. The SMILES string of the molecule is Cc1cc(Nc2ncc(Cl)c(Nc3ccccc3S(=O)(=O)C(C)C)n2)c(OC(C)C)cc1C1CCN(C(=O)CCCN2CC[C@@H](NC(=O)[C@H](CCCn3ccnc3N)NC(=O)OC(C)(C)C)C2)CC1. The zero-order valence-electron chi connectivity index (χ0n) is 41.2. The fourth-order valence-electron chi connectivity index (χ4n) is 8.65. The summed E-state index contributed by atoms with van der Waals surface area (Å²) in [6, 6.07) is 9.90. The Hall–Kier alpha value is -5.66. The number of nitrogens with two attached hydrogens (primary N) is 1. The highest BCUT2D eigenvalue weighted by Crippen LogP contribution is 2.39. The van der Waals surface area contributed by atoms with Crippen LogP contribution in [0.15, 0.2) is 59.9 Å². The molecule has 2 aliphatic heterocycles. The second-order valence-electron chi connectivity index (χ2n) is 19.5. The maximum absolute atomic E-state index is 13.5. The molecular weight excluding hydrogens is 922 g/mol. The molecule has 20 heteroatoms. The summed E-state index contributed by atoms with van der Waals surface area (Å²) in [6.45, 7) is 18.7. The molecule has 4 aromatic rings. The Morgan fingerprint density at radius 1 is 0.957 bits per heavy atom. The Kier molecular flexibility index (Phi) is 17.8. The van der Waals surface area contributed by atoms with Crippen molar-refractivity contribution in [3.63, 3.8) is 0 Å². The normalized spacial score (nSPS) is 16.4. The van der Waals surface area contributed by atoms with Crippen molar-refractivity contribution in [2.24, 2.45) is 0 Å². The van der Waals surface area contributed by atoms with Crippen LogP contribution >= 0.6 is 11.6 Å². The number of halogens is 1. The fraction of sp³-hybridized carbons (Fsp3) is 0.551. The summed E-state index contributed by atoms with van der Waals surface area (Å²) in [7, 11) is -3.59. The number of carbonyl (C=O) groups is 3. The zero-order chi connectivity index (χ0) is 50.0. The molecule has 0 unspecified atom stereocenters. The van der Waals surface area contributed by atoms with Gasteiger partial charge in [0.2, 0.25) is 17.8 Å². The summed E-state index contributed by atoms with van der Waals surface area (Å²) in [5.74, 6) is 1.64. The standard InChI is InChI=1S/C49H70ClN11O7S/c1-31(2)67-41-28-36(33(5)27-40(41)56-47-53-29-37(50)44(58-47)55-38-13-9-10-15-42(38)69(65,66)32(3)4)34-17-24-60(25-18-34)43(62)16-12-21-59-23-19-35(30-59)54-45(63)39(57-48(64)68-49(6,7)8)14-11-22-61-26-20-52-46(61)51/h9-10,13,15,20,26-29,31-32,34-35,39H,11-12,14,16-19,21-25,30H2,1-8H3,(H2,51,52)(H,54,63)(H,57,64)(H2,53,55,56,58)/t35-,39+/m1/s1. The Labute approximate surface area is 411 Å². The number of carbonyl (C=O) groups excluding carboxylic acids is 3. The van der Waals surface area contributed by atoms with Crippen molar-refractivity contribution in [3.05, 3.63) is 71.1 Å². The van der Waals surface area contributed by atoms with Gasteiger partial charge in [0.05, 0.1) is 33.8 Å². The fourth-order valence-corrected chi connectivity index (χ4v) is 9.99. The molecule has 6 rings (SSSR count). The monoisotopic (exact) mass is 991 g/mol. The van der Waals surface area contributed by atoms with E-state index >= 15 is 0 Å². The molecule has 2 atom stereocenters. The van der Waals surface area contributed by atoms with Crippen LogP contribution in [-0.2, 0) is 30.7 Å². The third kappa shape index (κ3) is 14.7. The lowest BCUT2D eigenvalue weighted by Crippen LogP contribution is -2.51. The summed E-state index contributed by atoms with van der Waals surface area (Å²) in [6.07, 6.45) is 8.65. The minimum Gasteiger partial charge on any atom is -0.489 e. The summed E-state index contributed by atoms with van der Waals surface area (Å²) in [5, 5.41) is 11.9. The molecule has 0 spiro atoms. The molecule has 0 aliphatic carbocycles. The summed E-state index contributed by atoms with van der Waals surface area (Å²) >= 11 is 6.52. The molecule has 2 aliphatic rings. The summed E-state index contributed by atoms with van der Waals surface area (Å²) in [5.41, 5.74) is 8.46. The molecular formula is C49H70ClN11O7S. The van der Waals surface area contributed by atoms with Gasteiger partial charge in [0.25, 0.3) is 0 Å². The zero-order valence-corrected chi connectivity index (χ0v) is 42.8. The number of imidazole rings is 1. The molecule has 3 amide bonds. The van der Waals surface area contributed by atoms with E-state index in [1.54, 1.807) is 75.8 Å². The van der Waals surface area contributed by atoms with E-state index in [1.165, 1.54) is 6.20 Å². The van der Waals surface area contributed by atoms with Crippen molar-refractivity contribution in [2.75, 3.05) is 49.1 Å². The number of piperidine rings is 1. The lowest BCUT2D eigenvalue weighted by Gasteiger charge is -2.33. The molecule has 2 saturated heterocycles. The average molecular weight is 993 g/mol. The van der Waals surface area contributed by atoms with Crippen LogP contribution in [0, 0.1) is 6.92 Å². The van der Waals surface area contributed by atoms with Gasteiger partial charge in [0.15, 0.2) is 21.6 Å². The minimum atomic E-state index is -3.59. The van der Waals surface area contributed by atoms with Gasteiger partial charge < -0.3 is 50.8 Å². The van der Waals surface area contributed by atoms with E-state index in [1.807, 2.05) is 24.8 Å². The second kappa shape index (κ2) is 23.3.